The minimum absolute atomic E-state index is 0. The van der Waals surface area contributed by atoms with Crippen LogP contribution in [-0.2, 0) is 11.3 Å². The summed E-state index contributed by atoms with van der Waals surface area (Å²) in [6.45, 7) is 2.11. The Morgan fingerprint density at radius 2 is 1.60 bits per heavy atom. The van der Waals surface area contributed by atoms with Gasteiger partial charge in [0.15, 0.2) is 11.5 Å². The lowest BCUT2D eigenvalue weighted by Gasteiger charge is -2.22. The second kappa shape index (κ2) is 14.0. The Balaban J connectivity index is 0.00000253. The van der Waals surface area contributed by atoms with Gasteiger partial charge in [0.05, 0.1) is 32.4 Å². The van der Waals surface area contributed by atoms with Gasteiger partial charge in [-0.2, -0.15) is 0 Å². The molecule has 0 bridgehead atoms. The molecular formula is C32H31Cl2N3O6. The van der Waals surface area contributed by atoms with Gasteiger partial charge in [-0.25, -0.2) is 4.79 Å². The van der Waals surface area contributed by atoms with Gasteiger partial charge in [-0.3, -0.25) is 14.3 Å². The summed E-state index contributed by atoms with van der Waals surface area (Å²) in [6, 6.07) is 21.1. The molecule has 3 aromatic carbocycles. The number of pyridine rings is 2. The maximum absolute atomic E-state index is 14.2. The van der Waals surface area contributed by atoms with E-state index in [9.17, 15) is 9.59 Å². The molecule has 43 heavy (non-hydrogen) atoms. The number of hydrogen-bond donors (Lipinski definition) is 1. The number of nitrogen functional groups attached to an aromatic ring is 1. The number of ether oxygens (including phenoxy) is 4. The van der Waals surface area contributed by atoms with Gasteiger partial charge in [0.25, 0.3) is 5.56 Å². The molecule has 224 valence electrons. The Bertz CT molecular complexity index is 1810. The first-order chi connectivity index (χ1) is 19.9. The average Bonchev–Trinajstić information content (AvgIpc) is 3.00. The van der Waals surface area contributed by atoms with Crippen molar-refractivity contribution >= 4 is 47.2 Å². The number of carbonyl (C=O) groups is 1. The Kier molecular flexibility index (Phi) is 10.6. The van der Waals surface area contributed by atoms with Crippen LogP contribution in [0.15, 0.2) is 83.8 Å². The van der Waals surface area contributed by atoms with Crippen LogP contribution in [0.3, 0.4) is 0 Å². The number of benzene rings is 3. The lowest BCUT2D eigenvalue weighted by molar-refractivity contribution is 0.0591. The quantitative estimate of drug-likeness (QED) is 0.161. The first-order valence-corrected chi connectivity index (χ1v) is 12.8. The van der Waals surface area contributed by atoms with Gasteiger partial charge in [-0.15, -0.1) is 24.8 Å². The van der Waals surface area contributed by atoms with Crippen molar-refractivity contribution in [1.29, 1.82) is 0 Å². The van der Waals surface area contributed by atoms with Gasteiger partial charge < -0.3 is 24.7 Å². The number of hydrogen-bond acceptors (Lipinski definition) is 8. The number of aromatic nitrogens is 2. The molecule has 0 aliphatic carbocycles. The summed E-state index contributed by atoms with van der Waals surface area (Å²) in [7, 11) is 4.35. The van der Waals surface area contributed by atoms with Crippen molar-refractivity contribution in [2.75, 3.05) is 27.1 Å². The molecule has 2 N–H and O–H groups in total. The number of anilines is 1. The fourth-order valence-corrected chi connectivity index (χ4v) is 4.86. The van der Waals surface area contributed by atoms with Gasteiger partial charge in [0.2, 0.25) is 0 Å². The number of aryl methyl sites for hydroxylation is 1. The van der Waals surface area contributed by atoms with Crippen molar-refractivity contribution in [2.45, 2.75) is 13.5 Å². The SMILES string of the molecule is COC(=O)c1c(-c2ccc(C)c(OC)c2OC)c2ccc(OCc3ccccn3)cc2c(=O)n1-c1ccc(N)cc1.Cl.Cl. The highest BCUT2D eigenvalue weighted by molar-refractivity contribution is 6.08. The summed E-state index contributed by atoms with van der Waals surface area (Å²) >= 11 is 0. The number of fused-ring (bicyclic) bond motifs is 1. The van der Waals surface area contributed by atoms with E-state index in [1.165, 1.54) is 18.8 Å². The minimum Gasteiger partial charge on any atom is -0.493 e. The third kappa shape index (κ3) is 6.23. The largest absolute Gasteiger partial charge is 0.493 e. The third-order valence-corrected chi connectivity index (χ3v) is 6.78. The summed E-state index contributed by atoms with van der Waals surface area (Å²) in [5.41, 5.74) is 9.04. The van der Waals surface area contributed by atoms with E-state index in [0.717, 1.165) is 11.3 Å². The standard InChI is InChI=1S/C32H29N3O6.2ClH/c1-19-8-14-25(30(39-3)29(19)38-2)27-24-15-13-23(41-18-21-7-5-6-16-34-21)17-26(24)31(36)35(28(27)32(37)40-4)22-11-9-20(33)10-12-22;;/h5-17H,18,33H2,1-4H3;2*1H. The fraction of sp³-hybridized carbons (Fsp3) is 0.156. The Labute approximate surface area is 261 Å². The van der Waals surface area contributed by atoms with E-state index < -0.39 is 11.5 Å². The van der Waals surface area contributed by atoms with Crippen LogP contribution in [-0.4, -0.2) is 36.8 Å². The summed E-state index contributed by atoms with van der Waals surface area (Å²) in [4.78, 5) is 32.0. The molecule has 2 heterocycles. The molecule has 0 saturated carbocycles. The lowest BCUT2D eigenvalue weighted by atomic mass is 9.94. The van der Waals surface area contributed by atoms with E-state index in [1.54, 1.807) is 55.8 Å². The molecule has 0 spiro atoms. The molecule has 9 nitrogen and oxygen atoms in total. The van der Waals surface area contributed by atoms with Crippen LogP contribution in [0.1, 0.15) is 21.7 Å². The van der Waals surface area contributed by atoms with E-state index in [1.807, 2.05) is 37.3 Å². The van der Waals surface area contributed by atoms with Gasteiger partial charge in [-0.1, -0.05) is 18.2 Å². The van der Waals surface area contributed by atoms with Crippen molar-refractivity contribution in [3.63, 3.8) is 0 Å². The predicted molar refractivity (Wildman–Crippen MR) is 172 cm³/mol. The Morgan fingerprint density at radius 1 is 0.884 bits per heavy atom. The molecule has 0 atom stereocenters. The number of rotatable bonds is 8. The molecule has 5 aromatic rings. The smallest absolute Gasteiger partial charge is 0.355 e. The van der Waals surface area contributed by atoms with Crippen molar-refractivity contribution in [2.24, 2.45) is 0 Å². The number of esters is 1. The molecule has 11 heteroatoms. The molecule has 0 amide bonds. The fourth-order valence-electron chi connectivity index (χ4n) is 4.86. The Hall–Kier alpha value is -4.73. The monoisotopic (exact) mass is 623 g/mol. The second-order valence-corrected chi connectivity index (χ2v) is 9.26. The van der Waals surface area contributed by atoms with Gasteiger partial charge in [-0.05, 0) is 72.5 Å². The lowest BCUT2D eigenvalue weighted by Crippen LogP contribution is -2.27. The van der Waals surface area contributed by atoms with E-state index in [-0.39, 0.29) is 37.1 Å². The van der Waals surface area contributed by atoms with Crippen LogP contribution in [0.5, 0.6) is 17.2 Å². The number of methoxy groups -OCH3 is 3. The van der Waals surface area contributed by atoms with Crippen molar-refractivity contribution in [3.05, 3.63) is 106 Å². The van der Waals surface area contributed by atoms with Gasteiger partial charge in [0.1, 0.15) is 18.1 Å². The molecule has 0 fully saturated rings. The third-order valence-electron chi connectivity index (χ3n) is 6.78. The topological polar surface area (TPSA) is 115 Å². The number of halogens is 2. The molecule has 0 aliphatic rings. The molecule has 0 aliphatic heterocycles. The second-order valence-electron chi connectivity index (χ2n) is 9.26. The first-order valence-electron chi connectivity index (χ1n) is 12.8. The van der Waals surface area contributed by atoms with Gasteiger partial charge in [0, 0.05) is 28.7 Å². The molecular weight excluding hydrogens is 593 g/mol. The van der Waals surface area contributed by atoms with Crippen LogP contribution >= 0.6 is 24.8 Å². The minimum atomic E-state index is -0.701. The molecule has 0 unspecified atom stereocenters. The zero-order valence-corrected chi connectivity index (χ0v) is 25.6. The summed E-state index contributed by atoms with van der Waals surface area (Å²) < 4.78 is 24.0. The highest BCUT2D eigenvalue weighted by Gasteiger charge is 2.28. The van der Waals surface area contributed by atoms with Crippen LogP contribution in [0.25, 0.3) is 27.6 Å². The van der Waals surface area contributed by atoms with Crippen LogP contribution in [0, 0.1) is 6.92 Å². The number of nitrogens with two attached hydrogens (primary N) is 1. The highest BCUT2D eigenvalue weighted by Crippen LogP contribution is 2.44. The molecule has 2 aromatic heterocycles. The van der Waals surface area contributed by atoms with E-state index in [2.05, 4.69) is 4.98 Å². The van der Waals surface area contributed by atoms with Crippen molar-refractivity contribution < 1.29 is 23.7 Å². The van der Waals surface area contributed by atoms with E-state index >= 15 is 0 Å². The zero-order chi connectivity index (χ0) is 29.1. The summed E-state index contributed by atoms with van der Waals surface area (Å²) in [5.74, 6) is 0.689. The summed E-state index contributed by atoms with van der Waals surface area (Å²) in [6.07, 6.45) is 1.69. The van der Waals surface area contributed by atoms with E-state index in [0.29, 0.717) is 50.5 Å². The zero-order valence-electron chi connectivity index (χ0n) is 24.0. The van der Waals surface area contributed by atoms with Crippen LogP contribution in [0.2, 0.25) is 0 Å². The molecule has 0 saturated heterocycles. The van der Waals surface area contributed by atoms with Crippen LogP contribution < -0.4 is 25.5 Å². The molecule has 0 radical (unpaired) electrons. The normalized spacial score (nSPS) is 10.3. The summed E-state index contributed by atoms with van der Waals surface area (Å²) in [5, 5.41) is 0.834. The van der Waals surface area contributed by atoms with Crippen molar-refractivity contribution in [3.8, 4) is 34.1 Å². The van der Waals surface area contributed by atoms with Gasteiger partial charge >= 0.3 is 5.97 Å². The predicted octanol–water partition coefficient (Wildman–Crippen LogP) is 6.17. The number of carbonyl (C=O) groups excluding carboxylic acids is 1. The Morgan fingerprint density at radius 3 is 2.23 bits per heavy atom. The molecule has 5 rings (SSSR count). The van der Waals surface area contributed by atoms with Crippen LogP contribution in [0.4, 0.5) is 5.69 Å². The van der Waals surface area contributed by atoms with Crippen molar-refractivity contribution in [1.82, 2.24) is 9.55 Å². The highest BCUT2D eigenvalue weighted by atomic mass is 35.5. The maximum Gasteiger partial charge on any atom is 0.355 e. The number of nitrogens with zero attached hydrogens (tertiary/aromatic N) is 2. The van der Waals surface area contributed by atoms with E-state index in [4.69, 9.17) is 24.7 Å². The average molecular weight is 625 g/mol. The first kappa shape index (κ1) is 32.8. The maximum atomic E-state index is 14.2.